The maximum absolute atomic E-state index is 4.16. The molecule has 0 amide bonds. The van der Waals surface area contributed by atoms with Crippen molar-refractivity contribution in [2.45, 2.75) is 12.8 Å². The molecular weight excluding hydrogens is 264 g/mol. The third kappa shape index (κ3) is 3.35. The summed E-state index contributed by atoms with van der Waals surface area (Å²) in [5, 5.41) is 0. The molecule has 108 valence electrons. The van der Waals surface area contributed by atoms with Crippen molar-refractivity contribution < 1.29 is 0 Å². The second-order valence-electron chi connectivity index (χ2n) is 5.72. The number of allylic oxidation sites excluding steroid dienone is 4. The van der Waals surface area contributed by atoms with Crippen molar-refractivity contribution in [1.29, 1.82) is 0 Å². The van der Waals surface area contributed by atoms with Gasteiger partial charge in [0.15, 0.2) is 0 Å². The van der Waals surface area contributed by atoms with Crippen LogP contribution in [0, 0.1) is 0 Å². The molecule has 22 heavy (non-hydrogen) atoms. The maximum Gasteiger partial charge on any atom is -0.00259 e. The van der Waals surface area contributed by atoms with Crippen molar-refractivity contribution in [1.82, 2.24) is 0 Å². The number of hydrogen-bond donors (Lipinski definition) is 0. The summed E-state index contributed by atoms with van der Waals surface area (Å²) >= 11 is 0. The lowest BCUT2D eigenvalue weighted by Crippen LogP contribution is -2.03. The molecule has 0 spiro atoms. The first-order valence-corrected chi connectivity index (χ1v) is 7.60. The summed E-state index contributed by atoms with van der Waals surface area (Å²) < 4.78 is 0. The van der Waals surface area contributed by atoms with E-state index >= 15 is 0 Å². The monoisotopic (exact) mass is 284 g/mol. The summed E-state index contributed by atoms with van der Waals surface area (Å²) in [7, 11) is 0. The van der Waals surface area contributed by atoms with Crippen LogP contribution in [-0.4, -0.2) is 0 Å². The summed E-state index contributed by atoms with van der Waals surface area (Å²) in [6, 6.07) is 20.9. The van der Waals surface area contributed by atoms with Gasteiger partial charge in [0.25, 0.3) is 0 Å². The highest BCUT2D eigenvalue weighted by molar-refractivity contribution is 5.70. The highest BCUT2D eigenvalue weighted by atomic mass is 14.2. The van der Waals surface area contributed by atoms with E-state index < -0.39 is 0 Å². The zero-order valence-corrected chi connectivity index (χ0v) is 12.8. The molecule has 0 unspecified atom stereocenters. The standard InChI is InChI=1S/C22H20/c1-17-13-21(15-19-9-5-3-6-10-19)22(14-18(17)2)16-20-11-7-4-8-12-20/h3-12,15-16H,1-2,13-14H2/b21-15-,22-16+. The average Bonchev–Trinajstić information content (AvgIpc) is 2.54. The number of benzene rings is 2. The van der Waals surface area contributed by atoms with Crippen LogP contribution in [0.25, 0.3) is 12.2 Å². The minimum absolute atomic E-state index is 0.881. The molecule has 0 heterocycles. The van der Waals surface area contributed by atoms with Gasteiger partial charge in [0.1, 0.15) is 0 Å². The van der Waals surface area contributed by atoms with Gasteiger partial charge in [0.2, 0.25) is 0 Å². The van der Waals surface area contributed by atoms with Gasteiger partial charge in [-0.2, -0.15) is 0 Å². The van der Waals surface area contributed by atoms with Crippen LogP contribution in [0.1, 0.15) is 24.0 Å². The zero-order valence-electron chi connectivity index (χ0n) is 12.8. The minimum Gasteiger partial charge on any atom is -0.0952 e. The van der Waals surface area contributed by atoms with Gasteiger partial charge >= 0.3 is 0 Å². The van der Waals surface area contributed by atoms with E-state index in [1.54, 1.807) is 0 Å². The van der Waals surface area contributed by atoms with Crippen LogP contribution in [0.4, 0.5) is 0 Å². The van der Waals surface area contributed by atoms with Gasteiger partial charge in [-0.3, -0.25) is 0 Å². The third-order valence-electron chi connectivity index (χ3n) is 4.00. The van der Waals surface area contributed by atoms with Gasteiger partial charge in [-0.1, -0.05) is 86.0 Å². The molecule has 1 aliphatic rings. The second kappa shape index (κ2) is 6.44. The molecule has 0 heteroatoms. The van der Waals surface area contributed by atoms with Crippen LogP contribution in [0.2, 0.25) is 0 Å². The van der Waals surface area contributed by atoms with Gasteiger partial charge < -0.3 is 0 Å². The summed E-state index contributed by atoms with van der Waals surface area (Å²) in [6.07, 6.45) is 6.30. The fraction of sp³-hybridized carbons (Fsp3) is 0.0909. The van der Waals surface area contributed by atoms with Gasteiger partial charge in [0.05, 0.1) is 0 Å². The van der Waals surface area contributed by atoms with E-state index in [1.165, 1.54) is 22.3 Å². The molecule has 0 bridgehead atoms. The molecule has 1 fully saturated rings. The number of rotatable bonds is 2. The van der Waals surface area contributed by atoms with Crippen molar-refractivity contribution in [3.63, 3.8) is 0 Å². The Bertz CT molecular complexity index is 676. The fourth-order valence-corrected chi connectivity index (χ4v) is 2.73. The quantitative estimate of drug-likeness (QED) is 0.628. The first kappa shape index (κ1) is 14.3. The van der Waals surface area contributed by atoms with Crippen molar-refractivity contribution in [3.8, 4) is 0 Å². The highest BCUT2D eigenvalue weighted by Gasteiger charge is 2.17. The van der Waals surface area contributed by atoms with E-state index in [4.69, 9.17) is 0 Å². The molecule has 0 saturated heterocycles. The Morgan fingerprint density at radius 3 is 1.32 bits per heavy atom. The van der Waals surface area contributed by atoms with Crippen molar-refractivity contribution in [2.75, 3.05) is 0 Å². The average molecular weight is 284 g/mol. The van der Waals surface area contributed by atoms with Crippen LogP contribution < -0.4 is 0 Å². The van der Waals surface area contributed by atoms with E-state index in [0.717, 1.165) is 24.0 Å². The summed E-state index contributed by atoms with van der Waals surface area (Å²) in [5.74, 6) is 0. The zero-order chi connectivity index (χ0) is 15.4. The lowest BCUT2D eigenvalue weighted by Gasteiger charge is -2.23. The summed E-state index contributed by atoms with van der Waals surface area (Å²) in [4.78, 5) is 0. The van der Waals surface area contributed by atoms with Gasteiger partial charge in [0, 0.05) is 0 Å². The molecule has 2 aromatic rings. The predicted molar refractivity (Wildman–Crippen MR) is 96.4 cm³/mol. The normalized spacial score (nSPS) is 18.9. The molecule has 0 N–H and O–H groups in total. The van der Waals surface area contributed by atoms with Crippen LogP contribution >= 0.6 is 0 Å². The lowest BCUT2D eigenvalue weighted by atomic mass is 9.82. The topological polar surface area (TPSA) is 0 Å². The van der Waals surface area contributed by atoms with Crippen LogP contribution in [-0.2, 0) is 0 Å². The van der Waals surface area contributed by atoms with E-state index in [0.29, 0.717) is 0 Å². The number of hydrogen-bond acceptors (Lipinski definition) is 0. The molecule has 0 atom stereocenters. The van der Waals surface area contributed by atoms with Crippen LogP contribution in [0.15, 0.2) is 96.1 Å². The van der Waals surface area contributed by atoms with Crippen LogP contribution in [0.5, 0.6) is 0 Å². The SMILES string of the molecule is C=C1CC(=C/c2ccccc2)/C(=C/c2ccccc2)CC1=C. The molecule has 1 saturated carbocycles. The van der Waals surface area contributed by atoms with Crippen LogP contribution in [0.3, 0.4) is 0 Å². The molecule has 0 nitrogen and oxygen atoms in total. The van der Waals surface area contributed by atoms with Crippen molar-refractivity contribution in [3.05, 3.63) is 107 Å². The Labute approximate surface area is 132 Å². The van der Waals surface area contributed by atoms with Crippen molar-refractivity contribution in [2.24, 2.45) is 0 Å². The van der Waals surface area contributed by atoms with E-state index in [9.17, 15) is 0 Å². The Morgan fingerprint density at radius 1 is 0.591 bits per heavy atom. The lowest BCUT2D eigenvalue weighted by molar-refractivity contribution is 0.997. The Balaban J connectivity index is 2.00. The Kier molecular flexibility index (Phi) is 4.20. The van der Waals surface area contributed by atoms with Gasteiger partial charge in [-0.05, 0) is 46.3 Å². The van der Waals surface area contributed by atoms with Gasteiger partial charge in [-0.25, -0.2) is 0 Å². The predicted octanol–water partition coefficient (Wildman–Crippen LogP) is 6.06. The largest absolute Gasteiger partial charge is 0.0952 e. The third-order valence-corrected chi connectivity index (χ3v) is 4.00. The van der Waals surface area contributed by atoms with E-state index in [1.807, 2.05) is 12.1 Å². The first-order valence-electron chi connectivity index (χ1n) is 7.60. The molecule has 1 aliphatic carbocycles. The smallest absolute Gasteiger partial charge is 0.00259 e. The van der Waals surface area contributed by atoms with E-state index in [-0.39, 0.29) is 0 Å². The second-order valence-corrected chi connectivity index (χ2v) is 5.72. The first-order chi connectivity index (χ1) is 10.7. The molecule has 0 aromatic heterocycles. The fourth-order valence-electron chi connectivity index (χ4n) is 2.73. The molecule has 3 rings (SSSR count). The van der Waals surface area contributed by atoms with Gasteiger partial charge in [-0.15, -0.1) is 0 Å². The Hall–Kier alpha value is -2.60. The summed E-state index contributed by atoms with van der Waals surface area (Å²) in [6.45, 7) is 8.32. The highest BCUT2D eigenvalue weighted by Crippen LogP contribution is 2.36. The van der Waals surface area contributed by atoms with Crippen molar-refractivity contribution >= 4 is 12.2 Å². The Morgan fingerprint density at radius 2 is 0.955 bits per heavy atom. The minimum atomic E-state index is 0.881. The molecule has 2 aromatic carbocycles. The van der Waals surface area contributed by atoms with E-state index in [2.05, 4.69) is 73.8 Å². The molecule has 0 aliphatic heterocycles. The maximum atomic E-state index is 4.16. The summed E-state index contributed by atoms with van der Waals surface area (Å²) in [5.41, 5.74) is 7.44. The molecular formula is C22H20. The molecule has 0 radical (unpaired) electrons.